The van der Waals surface area contributed by atoms with Gasteiger partial charge in [0.05, 0.1) is 31.4 Å². The van der Waals surface area contributed by atoms with Crippen LogP contribution in [0.15, 0.2) is 66.7 Å². The van der Waals surface area contributed by atoms with Crippen LogP contribution in [0.5, 0.6) is 17.2 Å². The van der Waals surface area contributed by atoms with Crippen LogP contribution in [0.2, 0.25) is 5.02 Å². The van der Waals surface area contributed by atoms with Crippen molar-refractivity contribution in [2.75, 3.05) is 14.2 Å². The van der Waals surface area contributed by atoms with E-state index < -0.39 is 5.97 Å². The molecule has 0 N–H and O–H groups in total. The lowest BCUT2D eigenvalue weighted by Gasteiger charge is -2.10. The van der Waals surface area contributed by atoms with Crippen molar-refractivity contribution in [3.63, 3.8) is 0 Å². The van der Waals surface area contributed by atoms with Gasteiger partial charge in [-0.05, 0) is 59.7 Å². The number of carbonyl (C=O) groups excluding carboxylic acids is 1. The molecular weight excluding hydrogens is 402 g/mol. The van der Waals surface area contributed by atoms with E-state index in [2.05, 4.69) is 6.07 Å². The van der Waals surface area contributed by atoms with E-state index in [4.69, 9.17) is 25.8 Å². The van der Waals surface area contributed by atoms with E-state index in [1.165, 1.54) is 14.2 Å². The quantitative estimate of drug-likeness (QED) is 0.224. The number of nitriles is 1. The van der Waals surface area contributed by atoms with Gasteiger partial charge in [0.25, 0.3) is 0 Å². The summed E-state index contributed by atoms with van der Waals surface area (Å²) in [5, 5.41) is 10.1. The second-order valence-corrected chi connectivity index (χ2v) is 6.65. The number of carbonyl (C=O) groups is 1. The Bertz CT molecular complexity index is 1150. The Kier molecular flexibility index (Phi) is 6.74. The summed E-state index contributed by atoms with van der Waals surface area (Å²) in [5.74, 6) is 0.773. The molecule has 0 atom stereocenters. The normalized spacial score (nSPS) is 10.8. The minimum Gasteiger partial charge on any atom is -0.493 e. The summed E-state index contributed by atoms with van der Waals surface area (Å²) >= 11 is 6.02. The Balaban J connectivity index is 1.83. The number of ether oxygens (including phenoxy) is 3. The molecular formula is C24H18ClNO4. The van der Waals surface area contributed by atoms with Gasteiger partial charge in [-0.25, -0.2) is 4.79 Å². The van der Waals surface area contributed by atoms with Gasteiger partial charge >= 0.3 is 5.97 Å². The first-order chi connectivity index (χ1) is 14.5. The SMILES string of the molecule is COc1ccc(C(=O)Oc2cccc(/C=C(/C#N)c3cccc(Cl)c3)c2)cc1OC. The van der Waals surface area contributed by atoms with Crippen molar-refractivity contribution in [2.45, 2.75) is 0 Å². The fourth-order valence-corrected chi connectivity index (χ4v) is 2.99. The van der Waals surface area contributed by atoms with Crippen molar-refractivity contribution in [3.05, 3.63) is 88.4 Å². The predicted molar refractivity (Wildman–Crippen MR) is 116 cm³/mol. The fourth-order valence-electron chi connectivity index (χ4n) is 2.80. The number of nitrogens with zero attached hydrogens (tertiary/aromatic N) is 1. The average Bonchev–Trinajstić information content (AvgIpc) is 2.77. The van der Waals surface area contributed by atoms with Gasteiger partial charge in [0.2, 0.25) is 0 Å². The number of allylic oxidation sites excluding steroid dienone is 1. The van der Waals surface area contributed by atoms with Crippen LogP contribution in [-0.4, -0.2) is 20.2 Å². The number of halogens is 1. The summed E-state index contributed by atoms with van der Waals surface area (Å²) in [6.45, 7) is 0. The molecule has 150 valence electrons. The van der Waals surface area contributed by atoms with Gasteiger partial charge in [-0.15, -0.1) is 0 Å². The van der Waals surface area contributed by atoms with Gasteiger partial charge in [-0.1, -0.05) is 35.9 Å². The lowest BCUT2D eigenvalue weighted by atomic mass is 10.0. The molecule has 0 saturated carbocycles. The van der Waals surface area contributed by atoms with E-state index in [1.807, 2.05) is 12.1 Å². The van der Waals surface area contributed by atoms with Crippen LogP contribution in [0.1, 0.15) is 21.5 Å². The highest BCUT2D eigenvalue weighted by Crippen LogP contribution is 2.28. The molecule has 3 aromatic rings. The average molecular weight is 420 g/mol. The zero-order valence-electron chi connectivity index (χ0n) is 16.4. The Morgan fingerprint density at radius 2 is 1.70 bits per heavy atom. The van der Waals surface area contributed by atoms with E-state index in [-0.39, 0.29) is 0 Å². The highest BCUT2D eigenvalue weighted by molar-refractivity contribution is 6.30. The summed E-state index contributed by atoms with van der Waals surface area (Å²) in [7, 11) is 3.02. The number of hydrogen-bond donors (Lipinski definition) is 0. The highest BCUT2D eigenvalue weighted by Gasteiger charge is 2.13. The highest BCUT2D eigenvalue weighted by atomic mass is 35.5. The Morgan fingerprint density at radius 3 is 2.40 bits per heavy atom. The Labute approximate surface area is 179 Å². The second kappa shape index (κ2) is 9.64. The first-order valence-electron chi connectivity index (χ1n) is 8.96. The first-order valence-corrected chi connectivity index (χ1v) is 9.34. The lowest BCUT2D eigenvalue weighted by Crippen LogP contribution is -2.09. The lowest BCUT2D eigenvalue weighted by molar-refractivity contribution is 0.0734. The number of rotatable bonds is 6. The van der Waals surface area contributed by atoms with E-state index >= 15 is 0 Å². The monoisotopic (exact) mass is 419 g/mol. The largest absolute Gasteiger partial charge is 0.493 e. The zero-order valence-corrected chi connectivity index (χ0v) is 17.1. The molecule has 5 nitrogen and oxygen atoms in total. The molecule has 0 fully saturated rings. The molecule has 30 heavy (non-hydrogen) atoms. The van der Waals surface area contributed by atoms with Crippen LogP contribution in [0.3, 0.4) is 0 Å². The predicted octanol–water partition coefficient (Wildman–Crippen LogP) is 5.64. The minimum absolute atomic E-state index is 0.324. The molecule has 0 amide bonds. The molecule has 0 saturated heterocycles. The third-order valence-electron chi connectivity index (χ3n) is 4.25. The van der Waals surface area contributed by atoms with Gasteiger partial charge in [0.1, 0.15) is 5.75 Å². The molecule has 6 heteroatoms. The summed E-state index contributed by atoms with van der Waals surface area (Å²) in [4.78, 5) is 12.5. The number of esters is 1. The van der Waals surface area contributed by atoms with Crippen molar-refractivity contribution >= 4 is 29.2 Å². The van der Waals surface area contributed by atoms with Gasteiger partial charge in [0, 0.05) is 5.02 Å². The molecule has 3 rings (SSSR count). The van der Waals surface area contributed by atoms with E-state index in [0.29, 0.717) is 44.5 Å². The third-order valence-corrected chi connectivity index (χ3v) is 4.49. The van der Waals surface area contributed by atoms with Gasteiger partial charge in [-0.2, -0.15) is 5.26 Å². The molecule has 0 aliphatic rings. The fraction of sp³-hybridized carbons (Fsp3) is 0.0833. The number of benzene rings is 3. The summed E-state index contributed by atoms with van der Waals surface area (Å²) < 4.78 is 15.9. The van der Waals surface area contributed by atoms with Gasteiger partial charge < -0.3 is 14.2 Å². The standard InChI is InChI=1S/C24H18ClNO4/c1-28-22-10-9-18(14-23(22)29-2)24(27)30-21-8-3-5-16(12-21)11-19(15-26)17-6-4-7-20(25)13-17/h3-14H,1-2H3/b19-11-. The van der Waals surface area contributed by atoms with Crippen LogP contribution in [0, 0.1) is 11.3 Å². The van der Waals surface area contributed by atoms with E-state index in [0.717, 1.165) is 0 Å². The second-order valence-electron chi connectivity index (χ2n) is 6.21. The maximum absolute atomic E-state index is 12.5. The topological polar surface area (TPSA) is 68.5 Å². The number of hydrogen-bond acceptors (Lipinski definition) is 5. The third kappa shape index (κ3) is 4.99. The molecule has 0 aliphatic heterocycles. The minimum atomic E-state index is -0.535. The van der Waals surface area contributed by atoms with E-state index in [1.54, 1.807) is 60.7 Å². The molecule has 0 aromatic heterocycles. The Morgan fingerprint density at radius 1 is 0.933 bits per heavy atom. The first kappa shape index (κ1) is 21.0. The van der Waals surface area contributed by atoms with Crippen LogP contribution in [0.25, 0.3) is 11.6 Å². The molecule has 0 bridgehead atoms. The summed E-state index contributed by atoms with van der Waals surface area (Å²) in [6.07, 6.45) is 1.71. The van der Waals surface area contributed by atoms with Crippen LogP contribution in [0.4, 0.5) is 0 Å². The Hall–Kier alpha value is -3.75. The zero-order chi connectivity index (χ0) is 21.5. The molecule has 0 heterocycles. The summed E-state index contributed by atoms with van der Waals surface area (Å²) in [6, 6.07) is 20.9. The van der Waals surface area contributed by atoms with Gasteiger partial charge in [0.15, 0.2) is 11.5 Å². The van der Waals surface area contributed by atoms with E-state index in [9.17, 15) is 10.1 Å². The van der Waals surface area contributed by atoms with Crippen molar-refractivity contribution in [1.29, 1.82) is 5.26 Å². The smallest absolute Gasteiger partial charge is 0.343 e. The van der Waals surface area contributed by atoms with Crippen molar-refractivity contribution in [1.82, 2.24) is 0 Å². The molecule has 0 aliphatic carbocycles. The maximum atomic E-state index is 12.5. The van der Waals surface area contributed by atoms with Gasteiger partial charge in [-0.3, -0.25) is 0 Å². The molecule has 3 aromatic carbocycles. The molecule has 0 spiro atoms. The maximum Gasteiger partial charge on any atom is 0.343 e. The van der Waals surface area contributed by atoms with Crippen LogP contribution >= 0.6 is 11.6 Å². The van der Waals surface area contributed by atoms with Crippen LogP contribution in [-0.2, 0) is 0 Å². The van der Waals surface area contributed by atoms with Crippen molar-refractivity contribution in [2.24, 2.45) is 0 Å². The van der Waals surface area contributed by atoms with Crippen molar-refractivity contribution < 1.29 is 19.0 Å². The molecule has 0 radical (unpaired) electrons. The van der Waals surface area contributed by atoms with Crippen molar-refractivity contribution in [3.8, 4) is 23.3 Å². The number of methoxy groups -OCH3 is 2. The molecule has 0 unspecified atom stereocenters. The van der Waals surface area contributed by atoms with Crippen LogP contribution < -0.4 is 14.2 Å². The summed E-state index contributed by atoms with van der Waals surface area (Å²) in [5.41, 5.74) is 2.19.